The first-order chi connectivity index (χ1) is 7.81. The molecule has 2 heterocycles. The third-order valence-corrected chi connectivity index (χ3v) is 2.23. The third-order valence-electron chi connectivity index (χ3n) is 2.23. The summed E-state index contributed by atoms with van der Waals surface area (Å²) < 4.78 is 20.6. The van der Waals surface area contributed by atoms with E-state index in [1.54, 1.807) is 7.11 Å². The van der Waals surface area contributed by atoms with E-state index < -0.39 is 0 Å². The van der Waals surface area contributed by atoms with Crippen LogP contribution in [0.1, 0.15) is 23.9 Å². The molecule has 0 saturated carbocycles. The summed E-state index contributed by atoms with van der Waals surface area (Å²) in [7, 11) is 1.57. The molecule has 2 N–H and O–H groups in total. The number of ether oxygens (including phenoxy) is 3. The molecule has 16 heavy (non-hydrogen) atoms. The highest BCUT2D eigenvalue weighted by Crippen LogP contribution is 2.19. The Balaban J connectivity index is 2.00. The Morgan fingerprint density at radius 1 is 1.56 bits per heavy atom. The minimum Gasteiger partial charge on any atom is -0.383 e. The first-order valence-electron chi connectivity index (χ1n) is 5.08. The van der Waals surface area contributed by atoms with Crippen LogP contribution in [-0.4, -0.2) is 43.7 Å². The van der Waals surface area contributed by atoms with Crippen LogP contribution in [0.15, 0.2) is 4.52 Å². The average Bonchev–Trinajstić information content (AvgIpc) is 2.80. The molecule has 7 nitrogen and oxygen atoms in total. The van der Waals surface area contributed by atoms with Gasteiger partial charge in [0.15, 0.2) is 11.9 Å². The molecule has 2 atom stereocenters. The SMILES string of the molecule is COCC(N)c1noc(C2COCCO2)n1. The van der Waals surface area contributed by atoms with E-state index in [0.717, 1.165) is 0 Å². The van der Waals surface area contributed by atoms with Crippen molar-refractivity contribution < 1.29 is 18.7 Å². The van der Waals surface area contributed by atoms with Gasteiger partial charge >= 0.3 is 0 Å². The van der Waals surface area contributed by atoms with Crippen molar-refractivity contribution in [1.29, 1.82) is 0 Å². The van der Waals surface area contributed by atoms with Crippen LogP contribution >= 0.6 is 0 Å². The fraction of sp³-hybridized carbons (Fsp3) is 0.778. The predicted octanol–water partition coefficient (Wildman–Crippen LogP) is -0.196. The van der Waals surface area contributed by atoms with Gasteiger partial charge in [-0.15, -0.1) is 0 Å². The zero-order valence-corrected chi connectivity index (χ0v) is 9.09. The monoisotopic (exact) mass is 229 g/mol. The van der Waals surface area contributed by atoms with Gasteiger partial charge in [0.1, 0.15) is 0 Å². The van der Waals surface area contributed by atoms with E-state index in [4.69, 9.17) is 24.5 Å². The lowest BCUT2D eigenvalue weighted by atomic mass is 10.3. The van der Waals surface area contributed by atoms with Gasteiger partial charge in [-0.1, -0.05) is 5.16 Å². The maximum Gasteiger partial charge on any atom is 0.258 e. The highest BCUT2D eigenvalue weighted by molar-refractivity contribution is 4.95. The quantitative estimate of drug-likeness (QED) is 0.764. The van der Waals surface area contributed by atoms with Gasteiger partial charge in [0.05, 0.1) is 32.5 Å². The summed E-state index contributed by atoms with van der Waals surface area (Å²) in [6, 6.07) is -0.382. The Bertz CT molecular complexity index is 324. The molecule has 1 saturated heterocycles. The topological polar surface area (TPSA) is 92.6 Å². The van der Waals surface area contributed by atoms with Gasteiger partial charge in [0.25, 0.3) is 5.89 Å². The molecule has 2 unspecified atom stereocenters. The molecule has 7 heteroatoms. The molecule has 1 aliphatic heterocycles. The smallest absolute Gasteiger partial charge is 0.258 e. The summed E-state index contributed by atoms with van der Waals surface area (Å²) in [5.41, 5.74) is 5.77. The summed E-state index contributed by atoms with van der Waals surface area (Å²) in [4.78, 5) is 4.16. The maximum atomic E-state index is 5.77. The minimum absolute atomic E-state index is 0.287. The molecule has 1 aromatic rings. The summed E-state index contributed by atoms with van der Waals surface area (Å²) in [6.07, 6.45) is -0.287. The van der Waals surface area contributed by atoms with Gasteiger partial charge in [-0.05, 0) is 0 Å². The lowest BCUT2D eigenvalue weighted by Gasteiger charge is -2.19. The molecule has 90 valence electrons. The van der Waals surface area contributed by atoms with Crippen molar-refractivity contribution in [2.24, 2.45) is 5.73 Å². The second kappa shape index (κ2) is 5.35. The summed E-state index contributed by atoms with van der Waals surface area (Å²) in [6.45, 7) is 1.91. The number of hydrogen-bond acceptors (Lipinski definition) is 7. The summed E-state index contributed by atoms with van der Waals surface area (Å²) in [5, 5.41) is 3.78. The van der Waals surface area contributed by atoms with E-state index in [1.807, 2.05) is 0 Å². The van der Waals surface area contributed by atoms with E-state index in [9.17, 15) is 0 Å². The molecule has 1 fully saturated rings. The number of nitrogens with two attached hydrogens (primary N) is 1. The maximum absolute atomic E-state index is 5.77. The number of aromatic nitrogens is 2. The van der Waals surface area contributed by atoms with Crippen LogP contribution in [0.4, 0.5) is 0 Å². The van der Waals surface area contributed by atoms with E-state index in [1.165, 1.54) is 0 Å². The molecule has 2 rings (SSSR count). The summed E-state index contributed by atoms with van der Waals surface area (Å²) >= 11 is 0. The molecule has 0 spiro atoms. The van der Waals surface area contributed by atoms with Gasteiger partial charge in [0.2, 0.25) is 0 Å². The normalized spacial score (nSPS) is 23.2. The fourth-order valence-corrected chi connectivity index (χ4v) is 1.41. The van der Waals surface area contributed by atoms with Crippen molar-refractivity contribution in [2.75, 3.05) is 33.5 Å². The van der Waals surface area contributed by atoms with E-state index in [-0.39, 0.29) is 12.1 Å². The summed E-state index contributed by atoms with van der Waals surface area (Å²) in [5.74, 6) is 0.826. The van der Waals surface area contributed by atoms with Crippen molar-refractivity contribution in [1.82, 2.24) is 10.1 Å². The third kappa shape index (κ3) is 2.56. The van der Waals surface area contributed by atoms with Gasteiger partial charge in [-0.2, -0.15) is 4.98 Å². The Morgan fingerprint density at radius 3 is 3.12 bits per heavy atom. The first-order valence-corrected chi connectivity index (χ1v) is 5.08. The zero-order valence-electron chi connectivity index (χ0n) is 9.09. The van der Waals surface area contributed by atoms with E-state index >= 15 is 0 Å². The highest BCUT2D eigenvalue weighted by atomic mass is 16.6. The zero-order chi connectivity index (χ0) is 11.4. The average molecular weight is 229 g/mol. The molecule has 1 aromatic heterocycles. The molecule has 1 aliphatic rings. The number of methoxy groups -OCH3 is 1. The molecular formula is C9H15N3O4. The largest absolute Gasteiger partial charge is 0.383 e. The van der Waals surface area contributed by atoms with Crippen molar-refractivity contribution >= 4 is 0 Å². The van der Waals surface area contributed by atoms with E-state index in [0.29, 0.717) is 38.1 Å². The Morgan fingerprint density at radius 2 is 2.44 bits per heavy atom. The number of nitrogens with zero attached hydrogens (tertiary/aromatic N) is 2. The number of hydrogen-bond donors (Lipinski definition) is 1. The van der Waals surface area contributed by atoms with Crippen molar-refractivity contribution in [2.45, 2.75) is 12.1 Å². The standard InChI is InChI=1S/C9H15N3O4/c1-13-4-6(10)8-11-9(16-12-8)7-5-14-2-3-15-7/h6-7H,2-5,10H2,1H3. The van der Waals surface area contributed by atoms with Crippen LogP contribution in [0.5, 0.6) is 0 Å². The molecule has 0 amide bonds. The van der Waals surface area contributed by atoms with Crippen LogP contribution in [0.3, 0.4) is 0 Å². The molecular weight excluding hydrogens is 214 g/mol. The second-order valence-electron chi connectivity index (χ2n) is 3.49. The van der Waals surface area contributed by atoms with Gasteiger partial charge in [-0.3, -0.25) is 0 Å². The predicted molar refractivity (Wildman–Crippen MR) is 52.6 cm³/mol. The Hall–Kier alpha value is -1.02. The van der Waals surface area contributed by atoms with Crippen molar-refractivity contribution in [3.05, 3.63) is 11.7 Å². The Labute approximate surface area is 92.8 Å². The molecule has 0 bridgehead atoms. The fourth-order valence-electron chi connectivity index (χ4n) is 1.41. The van der Waals surface area contributed by atoms with Crippen LogP contribution in [-0.2, 0) is 14.2 Å². The lowest BCUT2D eigenvalue weighted by molar-refractivity contribution is -0.101. The van der Waals surface area contributed by atoms with Gasteiger partial charge < -0.3 is 24.5 Å². The van der Waals surface area contributed by atoms with Crippen LogP contribution in [0.2, 0.25) is 0 Å². The first kappa shape index (κ1) is 11.5. The van der Waals surface area contributed by atoms with Crippen molar-refractivity contribution in [3.63, 3.8) is 0 Å². The molecule has 0 radical (unpaired) electrons. The van der Waals surface area contributed by atoms with Gasteiger partial charge in [-0.25, -0.2) is 0 Å². The number of rotatable bonds is 4. The second-order valence-corrected chi connectivity index (χ2v) is 3.49. The highest BCUT2D eigenvalue weighted by Gasteiger charge is 2.24. The van der Waals surface area contributed by atoms with Crippen LogP contribution in [0.25, 0.3) is 0 Å². The van der Waals surface area contributed by atoms with Crippen molar-refractivity contribution in [3.8, 4) is 0 Å². The van der Waals surface area contributed by atoms with E-state index in [2.05, 4.69) is 10.1 Å². The lowest BCUT2D eigenvalue weighted by Crippen LogP contribution is -2.22. The Kier molecular flexibility index (Phi) is 3.83. The minimum atomic E-state index is -0.382. The van der Waals surface area contributed by atoms with Crippen LogP contribution in [0, 0.1) is 0 Å². The molecule has 0 aromatic carbocycles. The molecule has 0 aliphatic carbocycles. The van der Waals surface area contributed by atoms with Crippen LogP contribution < -0.4 is 5.73 Å². The van der Waals surface area contributed by atoms with Gasteiger partial charge in [0, 0.05) is 7.11 Å².